The Balaban J connectivity index is 1.97. The number of benzene rings is 1. The molecule has 2 aliphatic rings. The SMILES string of the molecule is COc1ccc2c(c1)[C@@H]1[C@H](C2)[C@H]1C(=O)O. The van der Waals surface area contributed by atoms with Gasteiger partial charge in [-0.15, -0.1) is 0 Å². The van der Waals surface area contributed by atoms with Crippen molar-refractivity contribution in [3.63, 3.8) is 0 Å². The Morgan fingerprint density at radius 2 is 2.33 bits per heavy atom. The molecular formula is C12H12O3. The average Bonchev–Trinajstić information content (AvgIpc) is 2.83. The van der Waals surface area contributed by atoms with Crippen LogP contribution >= 0.6 is 0 Å². The van der Waals surface area contributed by atoms with Crippen LogP contribution in [0.4, 0.5) is 0 Å². The van der Waals surface area contributed by atoms with Crippen LogP contribution in [0.1, 0.15) is 17.0 Å². The van der Waals surface area contributed by atoms with E-state index in [1.165, 1.54) is 11.1 Å². The monoisotopic (exact) mass is 204 g/mol. The number of carboxylic acid groups (broad SMARTS) is 1. The normalized spacial score (nSPS) is 30.6. The highest BCUT2D eigenvalue weighted by Crippen LogP contribution is 2.61. The van der Waals surface area contributed by atoms with Gasteiger partial charge in [0.15, 0.2) is 0 Å². The van der Waals surface area contributed by atoms with Crippen LogP contribution in [0.3, 0.4) is 0 Å². The zero-order valence-corrected chi connectivity index (χ0v) is 8.43. The topological polar surface area (TPSA) is 46.5 Å². The highest BCUT2D eigenvalue weighted by atomic mass is 16.5. The molecule has 0 heterocycles. The lowest BCUT2D eigenvalue weighted by molar-refractivity contribution is -0.139. The van der Waals surface area contributed by atoms with Crippen molar-refractivity contribution >= 4 is 5.97 Å². The second kappa shape index (κ2) is 2.75. The molecular weight excluding hydrogens is 192 g/mol. The maximum atomic E-state index is 10.9. The van der Waals surface area contributed by atoms with Crippen LogP contribution in [0.5, 0.6) is 5.75 Å². The van der Waals surface area contributed by atoms with E-state index in [2.05, 4.69) is 6.07 Å². The third-order valence-electron chi connectivity index (χ3n) is 3.62. The predicted molar refractivity (Wildman–Crippen MR) is 54.1 cm³/mol. The van der Waals surface area contributed by atoms with Crippen molar-refractivity contribution in [2.75, 3.05) is 7.11 Å². The molecule has 0 spiro atoms. The first-order valence-corrected chi connectivity index (χ1v) is 5.12. The van der Waals surface area contributed by atoms with Gasteiger partial charge in [-0.3, -0.25) is 4.79 Å². The number of carboxylic acids is 1. The van der Waals surface area contributed by atoms with Crippen molar-refractivity contribution in [1.82, 2.24) is 0 Å². The van der Waals surface area contributed by atoms with Gasteiger partial charge in [0.05, 0.1) is 13.0 Å². The molecule has 3 nitrogen and oxygen atoms in total. The molecule has 3 atom stereocenters. The molecule has 78 valence electrons. The molecule has 0 aliphatic heterocycles. The lowest BCUT2D eigenvalue weighted by atomic mass is 10.0. The summed E-state index contributed by atoms with van der Waals surface area (Å²) in [5, 5.41) is 8.98. The number of hydrogen-bond donors (Lipinski definition) is 1. The van der Waals surface area contributed by atoms with E-state index >= 15 is 0 Å². The minimum atomic E-state index is -0.654. The van der Waals surface area contributed by atoms with Crippen LogP contribution < -0.4 is 4.74 Å². The van der Waals surface area contributed by atoms with Gasteiger partial charge in [0.2, 0.25) is 0 Å². The van der Waals surface area contributed by atoms with Crippen molar-refractivity contribution in [3.8, 4) is 5.75 Å². The first-order valence-electron chi connectivity index (χ1n) is 5.12. The number of hydrogen-bond acceptors (Lipinski definition) is 2. The summed E-state index contributed by atoms with van der Waals surface area (Å²) >= 11 is 0. The number of methoxy groups -OCH3 is 1. The zero-order chi connectivity index (χ0) is 10.6. The van der Waals surface area contributed by atoms with E-state index in [0.29, 0.717) is 5.92 Å². The maximum absolute atomic E-state index is 10.9. The van der Waals surface area contributed by atoms with E-state index in [1.54, 1.807) is 7.11 Å². The summed E-state index contributed by atoms with van der Waals surface area (Å²) in [5.41, 5.74) is 2.48. The Hall–Kier alpha value is -1.51. The smallest absolute Gasteiger partial charge is 0.307 e. The van der Waals surface area contributed by atoms with E-state index in [0.717, 1.165) is 12.2 Å². The maximum Gasteiger partial charge on any atom is 0.307 e. The van der Waals surface area contributed by atoms with Gasteiger partial charge < -0.3 is 9.84 Å². The second-order valence-corrected chi connectivity index (χ2v) is 4.32. The molecule has 0 aromatic heterocycles. The van der Waals surface area contributed by atoms with Gasteiger partial charge in [0.25, 0.3) is 0 Å². The molecule has 0 saturated heterocycles. The number of rotatable bonds is 2. The summed E-state index contributed by atoms with van der Waals surface area (Å²) in [6.45, 7) is 0. The third-order valence-corrected chi connectivity index (χ3v) is 3.62. The number of ether oxygens (including phenoxy) is 1. The van der Waals surface area contributed by atoms with Crippen molar-refractivity contribution in [2.24, 2.45) is 11.8 Å². The molecule has 1 saturated carbocycles. The number of carbonyl (C=O) groups is 1. The quantitative estimate of drug-likeness (QED) is 0.797. The Morgan fingerprint density at radius 3 is 3.00 bits per heavy atom. The summed E-state index contributed by atoms with van der Waals surface area (Å²) in [4.78, 5) is 10.9. The second-order valence-electron chi connectivity index (χ2n) is 4.32. The largest absolute Gasteiger partial charge is 0.497 e. The molecule has 3 heteroatoms. The average molecular weight is 204 g/mol. The minimum Gasteiger partial charge on any atom is -0.497 e. The first kappa shape index (κ1) is 8.77. The molecule has 1 aromatic carbocycles. The van der Waals surface area contributed by atoms with Gasteiger partial charge in [-0.25, -0.2) is 0 Å². The summed E-state index contributed by atoms with van der Waals surface area (Å²) < 4.78 is 5.15. The number of aliphatic carboxylic acids is 1. The molecule has 2 aliphatic carbocycles. The summed E-state index contributed by atoms with van der Waals surface area (Å²) in [6, 6.07) is 5.99. The van der Waals surface area contributed by atoms with Crippen LogP contribution in [0.25, 0.3) is 0 Å². The van der Waals surface area contributed by atoms with Crippen LogP contribution in [0, 0.1) is 11.8 Å². The highest BCUT2D eigenvalue weighted by Gasteiger charge is 2.59. The van der Waals surface area contributed by atoms with Crippen LogP contribution in [0.15, 0.2) is 18.2 Å². The lowest BCUT2D eigenvalue weighted by Gasteiger charge is -2.07. The van der Waals surface area contributed by atoms with Crippen LogP contribution in [-0.4, -0.2) is 18.2 Å². The molecule has 0 bridgehead atoms. The van der Waals surface area contributed by atoms with Crippen LogP contribution in [0.2, 0.25) is 0 Å². The Kier molecular flexibility index (Phi) is 1.61. The molecule has 0 radical (unpaired) electrons. The molecule has 0 amide bonds. The first-order chi connectivity index (χ1) is 7.22. The Morgan fingerprint density at radius 1 is 1.53 bits per heavy atom. The fourth-order valence-corrected chi connectivity index (χ4v) is 2.84. The fraction of sp³-hybridized carbons (Fsp3) is 0.417. The van der Waals surface area contributed by atoms with Crippen molar-refractivity contribution in [2.45, 2.75) is 12.3 Å². The van der Waals surface area contributed by atoms with Gasteiger partial charge in [-0.2, -0.15) is 0 Å². The molecule has 0 unspecified atom stereocenters. The fourth-order valence-electron chi connectivity index (χ4n) is 2.84. The third kappa shape index (κ3) is 1.09. The van der Waals surface area contributed by atoms with Gasteiger partial charge in [-0.1, -0.05) is 6.07 Å². The molecule has 3 rings (SSSR count). The van der Waals surface area contributed by atoms with E-state index in [-0.39, 0.29) is 11.8 Å². The summed E-state index contributed by atoms with van der Waals surface area (Å²) in [6.07, 6.45) is 0.918. The van der Waals surface area contributed by atoms with Gasteiger partial charge in [0, 0.05) is 5.92 Å². The molecule has 1 N–H and O–H groups in total. The van der Waals surface area contributed by atoms with Gasteiger partial charge >= 0.3 is 5.97 Å². The Bertz CT molecular complexity index is 438. The Labute approximate surface area is 87.7 Å². The van der Waals surface area contributed by atoms with Crippen molar-refractivity contribution in [3.05, 3.63) is 29.3 Å². The van der Waals surface area contributed by atoms with Crippen molar-refractivity contribution in [1.29, 1.82) is 0 Å². The lowest BCUT2D eigenvalue weighted by Crippen LogP contribution is -2.05. The zero-order valence-electron chi connectivity index (χ0n) is 8.43. The molecule has 1 aromatic rings. The van der Waals surface area contributed by atoms with Gasteiger partial charge in [0.1, 0.15) is 5.75 Å². The summed E-state index contributed by atoms with van der Waals surface area (Å²) in [7, 11) is 1.63. The van der Waals surface area contributed by atoms with E-state index < -0.39 is 5.97 Å². The molecule has 1 fully saturated rings. The van der Waals surface area contributed by atoms with E-state index in [4.69, 9.17) is 9.84 Å². The van der Waals surface area contributed by atoms with Gasteiger partial charge in [-0.05, 0) is 35.6 Å². The number of fused-ring (bicyclic) bond motifs is 3. The summed E-state index contributed by atoms with van der Waals surface area (Å²) in [5.74, 6) is 0.603. The van der Waals surface area contributed by atoms with Crippen LogP contribution in [-0.2, 0) is 11.2 Å². The highest BCUT2D eigenvalue weighted by molar-refractivity contribution is 5.78. The van der Waals surface area contributed by atoms with E-state index in [9.17, 15) is 4.79 Å². The molecule has 15 heavy (non-hydrogen) atoms. The van der Waals surface area contributed by atoms with E-state index in [1.807, 2.05) is 12.1 Å². The van der Waals surface area contributed by atoms with Crippen molar-refractivity contribution < 1.29 is 14.6 Å². The standard InChI is InChI=1S/C12H12O3/c1-15-7-3-2-6-4-9-10(8(6)5-7)11(9)12(13)14/h2-3,5,9-11H,4H2,1H3,(H,13,14)/t9-,10+,11+/m0/s1. The minimum absolute atomic E-state index is 0.149. The predicted octanol–water partition coefficient (Wildman–Crippen LogP) is 1.67.